The third-order valence-corrected chi connectivity index (χ3v) is 2.60. The van der Waals surface area contributed by atoms with Gasteiger partial charge in [-0.2, -0.15) is 11.8 Å². The van der Waals surface area contributed by atoms with Crippen LogP contribution in [0.1, 0.15) is 25.1 Å². The van der Waals surface area contributed by atoms with Crippen LogP contribution in [-0.2, 0) is 0 Å². The molecule has 0 aliphatic heterocycles. The molecule has 0 radical (unpaired) electrons. The van der Waals surface area contributed by atoms with Gasteiger partial charge < -0.3 is 9.73 Å². The lowest BCUT2D eigenvalue weighted by Gasteiger charge is -2.13. The molecule has 0 saturated carbocycles. The fourth-order valence-electron chi connectivity index (χ4n) is 1.27. The summed E-state index contributed by atoms with van der Waals surface area (Å²) in [5.41, 5.74) is 0. The summed E-state index contributed by atoms with van der Waals surface area (Å²) in [6, 6.07) is 4.34. The van der Waals surface area contributed by atoms with Gasteiger partial charge in [-0.1, -0.05) is 6.92 Å². The minimum absolute atomic E-state index is 0.377. The average Bonchev–Trinajstić information content (AvgIpc) is 2.65. The van der Waals surface area contributed by atoms with Crippen LogP contribution in [0.2, 0.25) is 0 Å². The Bertz CT molecular complexity index is 211. The van der Waals surface area contributed by atoms with Crippen molar-refractivity contribution >= 4 is 11.8 Å². The lowest BCUT2D eigenvalue weighted by atomic mass is 10.2. The van der Waals surface area contributed by atoms with Gasteiger partial charge >= 0.3 is 0 Å². The van der Waals surface area contributed by atoms with Gasteiger partial charge in [0.25, 0.3) is 0 Å². The van der Waals surface area contributed by atoms with Crippen LogP contribution >= 0.6 is 11.8 Å². The van der Waals surface area contributed by atoms with E-state index < -0.39 is 0 Å². The Morgan fingerprint density at radius 1 is 1.62 bits per heavy atom. The predicted octanol–water partition coefficient (Wildman–Crippen LogP) is 2.68. The second kappa shape index (κ2) is 6.11. The summed E-state index contributed by atoms with van der Waals surface area (Å²) in [5.74, 6) is 2.20. The number of furan rings is 1. The van der Waals surface area contributed by atoms with Gasteiger partial charge in [-0.15, -0.1) is 0 Å². The normalized spacial score (nSPS) is 13.1. The Morgan fingerprint density at radius 2 is 2.46 bits per heavy atom. The summed E-state index contributed by atoms with van der Waals surface area (Å²) < 4.78 is 5.35. The van der Waals surface area contributed by atoms with Crippen LogP contribution in [0.5, 0.6) is 0 Å². The fourth-order valence-corrected chi connectivity index (χ4v) is 1.59. The monoisotopic (exact) mass is 199 g/mol. The van der Waals surface area contributed by atoms with Crippen molar-refractivity contribution in [3.05, 3.63) is 24.2 Å². The molecule has 0 spiro atoms. The predicted molar refractivity (Wildman–Crippen MR) is 58.1 cm³/mol. The zero-order chi connectivity index (χ0) is 9.52. The van der Waals surface area contributed by atoms with E-state index in [-0.39, 0.29) is 0 Å². The second-order valence-electron chi connectivity index (χ2n) is 2.92. The van der Waals surface area contributed by atoms with E-state index >= 15 is 0 Å². The first-order valence-electron chi connectivity index (χ1n) is 4.64. The maximum absolute atomic E-state index is 5.35. The van der Waals surface area contributed by atoms with Crippen LogP contribution in [0.4, 0.5) is 0 Å². The van der Waals surface area contributed by atoms with Gasteiger partial charge in [0, 0.05) is 12.3 Å². The van der Waals surface area contributed by atoms with Crippen LogP contribution < -0.4 is 5.32 Å². The van der Waals surface area contributed by atoms with Crippen molar-refractivity contribution in [2.24, 2.45) is 0 Å². The third kappa shape index (κ3) is 3.44. The highest BCUT2D eigenvalue weighted by molar-refractivity contribution is 7.98. The Kier molecular flexibility index (Phi) is 5.01. The number of rotatable bonds is 6. The van der Waals surface area contributed by atoms with Crippen LogP contribution in [0.15, 0.2) is 22.8 Å². The van der Waals surface area contributed by atoms with Crippen molar-refractivity contribution in [2.75, 3.05) is 18.6 Å². The molecule has 1 unspecified atom stereocenters. The number of hydrogen-bond donors (Lipinski definition) is 1. The molecular formula is C10H17NOS. The Hall–Kier alpha value is -0.410. The maximum Gasteiger partial charge on any atom is 0.120 e. The molecule has 0 bridgehead atoms. The highest BCUT2D eigenvalue weighted by Gasteiger charge is 2.09. The van der Waals surface area contributed by atoms with Gasteiger partial charge in [0.05, 0.1) is 12.3 Å². The first-order valence-corrected chi connectivity index (χ1v) is 6.03. The molecule has 0 fully saturated rings. The summed E-state index contributed by atoms with van der Waals surface area (Å²) in [5, 5.41) is 3.46. The molecule has 0 aliphatic rings. The molecule has 1 aromatic rings. The Balaban J connectivity index is 2.35. The summed E-state index contributed by atoms with van der Waals surface area (Å²) in [6.07, 6.45) is 4.92. The minimum Gasteiger partial charge on any atom is -0.468 e. The van der Waals surface area contributed by atoms with Gasteiger partial charge in [-0.3, -0.25) is 0 Å². The van der Waals surface area contributed by atoms with E-state index in [1.165, 1.54) is 0 Å². The number of hydrogen-bond acceptors (Lipinski definition) is 3. The fraction of sp³-hybridized carbons (Fsp3) is 0.600. The molecule has 74 valence electrons. The molecule has 0 saturated heterocycles. The van der Waals surface area contributed by atoms with E-state index in [0.29, 0.717) is 6.04 Å². The van der Waals surface area contributed by atoms with Crippen LogP contribution in [0, 0.1) is 0 Å². The van der Waals surface area contributed by atoms with Crippen molar-refractivity contribution in [3.8, 4) is 0 Å². The van der Waals surface area contributed by atoms with Gasteiger partial charge in [0.2, 0.25) is 0 Å². The van der Waals surface area contributed by atoms with Gasteiger partial charge in [-0.25, -0.2) is 0 Å². The molecule has 0 aliphatic carbocycles. The van der Waals surface area contributed by atoms with Gasteiger partial charge in [-0.05, 0) is 24.8 Å². The molecule has 0 amide bonds. The highest BCUT2D eigenvalue weighted by Crippen LogP contribution is 2.16. The van der Waals surface area contributed by atoms with Crippen molar-refractivity contribution in [1.82, 2.24) is 5.32 Å². The zero-order valence-electron chi connectivity index (χ0n) is 8.25. The molecule has 1 aromatic heterocycles. The number of thioether (sulfide) groups is 1. The van der Waals surface area contributed by atoms with Crippen molar-refractivity contribution < 1.29 is 4.42 Å². The first kappa shape index (κ1) is 10.7. The quantitative estimate of drug-likeness (QED) is 0.713. The van der Waals surface area contributed by atoms with Crippen molar-refractivity contribution in [1.29, 1.82) is 0 Å². The van der Waals surface area contributed by atoms with Crippen molar-refractivity contribution in [3.63, 3.8) is 0 Å². The number of nitrogens with one attached hydrogen (secondary N) is 1. The minimum atomic E-state index is 0.377. The molecule has 1 atom stereocenters. The van der Waals surface area contributed by atoms with E-state index in [2.05, 4.69) is 18.5 Å². The summed E-state index contributed by atoms with van der Waals surface area (Å²) >= 11 is 1.86. The lowest BCUT2D eigenvalue weighted by molar-refractivity contribution is 0.411. The summed E-state index contributed by atoms with van der Waals surface area (Å²) in [4.78, 5) is 0. The SMILES string of the molecule is CCC(NCCSC)c1ccco1. The standard InChI is InChI=1S/C10H17NOS/c1-3-9(11-6-8-13-2)10-5-4-7-12-10/h4-5,7,9,11H,3,6,8H2,1-2H3. The van der Waals surface area contributed by atoms with E-state index in [1.54, 1.807) is 6.26 Å². The van der Waals surface area contributed by atoms with E-state index in [9.17, 15) is 0 Å². The largest absolute Gasteiger partial charge is 0.468 e. The second-order valence-corrected chi connectivity index (χ2v) is 3.91. The molecule has 1 rings (SSSR count). The maximum atomic E-state index is 5.35. The highest BCUT2D eigenvalue weighted by atomic mass is 32.2. The Labute approximate surface area is 84.1 Å². The van der Waals surface area contributed by atoms with Gasteiger partial charge in [0.1, 0.15) is 5.76 Å². The first-order chi connectivity index (χ1) is 6.38. The van der Waals surface area contributed by atoms with Crippen molar-refractivity contribution in [2.45, 2.75) is 19.4 Å². The summed E-state index contributed by atoms with van der Waals surface area (Å²) in [6.45, 7) is 3.21. The Morgan fingerprint density at radius 3 is 3.00 bits per heavy atom. The average molecular weight is 199 g/mol. The molecule has 3 heteroatoms. The molecule has 1 heterocycles. The molecule has 13 heavy (non-hydrogen) atoms. The van der Waals surface area contributed by atoms with E-state index in [4.69, 9.17) is 4.42 Å². The molecular weight excluding hydrogens is 182 g/mol. The lowest BCUT2D eigenvalue weighted by Crippen LogP contribution is -2.22. The van der Waals surface area contributed by atoms with Crippen LogP contribution in [0.3, 0.4) is 0 Å². The topological polar surface area (TPSA) is 25.2 Å². The molecule has 1 N–H and O–H groups in total. The smallest absolute Gasteiger partial charge is 0.120 e. The summed E-state index contributed by atoms with van der Waals surface area (Å²) in [7, 11) is 0. The van der Waals surface area contributed by atoms with E-state index in [0.717, 1.165) is 24.5 Å². The zero-order valence-corrected chi connectivity index (χ0v) is 9.06. The van der Waals surface area contributed by atoms with Crippen LogP contribution in [0.25, 0.3) is 0 Å². The van der Waals surface area contributed by atoms with Crippen LogP contribution in [-0.4, -0.2) is 18.6 Å². The van der Waals surface area contributed by atoms with Gasteiger partial charge in [0.15, 0.2) is 0 Å². The van der Waals surface area contributed by atoms with E-state index in [1.807, 2.05) is 23.9 Å². The third-order valence-electron chi connectivity index (χ3n) is 1.99. The molecule has 0 aromatic carbocycles. The molecule has 2 nitrogen and oxygen atoms in total.